The second kappa shape index (κ2) is 6.59. The number of carbonyl (C=O) groups excluding carboxylic acids is 1. The fourth-order valence-electron chi connectivity index (χ4n) is 1.25. The molecule has 1 aromatic carbocycles. The number of rotatable bonds is 5. The van der Waals surface area contributed by atoms with E-state index in [2.05, 4.69) is 5.32 Å². The van der Waals surface area contributed by atoms with E-state index in [1.54, 1.807) is 18.2 Å². The quantitative estimate of drug-likeness (QED) is 0.793. The molecule has 1 rings (SSSR count). The molecule has 6 nitrogen and oxygen atoms in total. The van der Waals surface area contributed by atoms with E-state index in [1.807, 2.05) is 0 Å². The highest BCUT2D eigenvalue weighted by Gasteiger charge is 2.13. The first-order valence-corrected chi connectivity index (χ1v) is 5.09. The van der Waals surface area contributed by atoms with Gasteiger partial charge in [-0.15, -0.1) is 0 Å². The lowest BCUT2D eigenvalue weighted by Crippen LogP contribution is -2.31. The van der Waals surface area contributed by atoms with Gasteiger partial charge in [-0.2, -0.15) is 0 Å². The average molecular weight is 240 g/mol. The van der Waals surface area contributed by atoms with Crippen LogP contribution in [0.5, 0.6) is 17.2 Å². The minimum atomic E-state index is -0.581. The molecule has 1 aromatic rings. The first-order valence-electron chi connectivity index (χ1n) is 5.09. The van der Waals surface area contributed by atoms with E-state index in [9.17, 15) is 4.79 Å². The van der Waals surface area contributed by atoms with Crippen LogP contribution in [0, 0.1) is 0 Å². The number of hydrogen-bond donors (Lipinski definition) is 2. The van der Waals surface area contributed by atoms with Gasteiger partial charge in [-0.3, -0.25) is 0 Å². The Bertz CT molecular complexity index is 382. The van der Waals surface area contributed by atoms with E-state index in [0.29, 0.717) is 30.3 Å². The molecule has 0 aliphatic heterocycles. The van der Waals surface area contributed by atoms with Gasteiger partial charge in [0.2, 0.25) is 5.75 Å². The molecule has 6 heteroatoms. The summed E-state index contributed by atoms with van der Waals surface area (Å²) in [6.07, 6.45) is -0.581. The van der Waals surface area contributed by atoms with Crippen LogP contribution in [0.15, 0.2) is 18.2 Å². The molecule has 0 saturated carbocycles. The molecule has 17 heavy (non-hydrogen) atoms. The van der Waals surface area contributed by atoms with Crippen molar-refractivity contribution in [2.45, 2.75) is 0 Å². The van der Waals surface area contributed by atoms with E-state index in [1.165, 1.54) is 14.2 Å². The van der Waals surface area contributed by atoms with Crippen LogP contribution in [-0.4, -0.2) is 33.4 Å². The van der Waals surface area contributed by atoms with Crippen molar-refractivity contribution in [3.63, 3.8) is 0 Å². The Morgan fingerprint density at radius 3 is 2.59 bits per heavy atom. The molecular formula is C11H16N2O4. The maximum atomic E-state index is 11.4. The normalized spacial score (nSPS) is 9.59. The van der Waals surface area contributed by atoms with Gasteiger partial charge in [0.25, 0.3) is 0 Å². The van der Waals surface area contributed by atoms with Gasteiger partial charge in [0.05, 0.1) is 14.2 Å². The Kier molecular flexibility index (Phi) is 5.09. The van der Waals surface area contributed by atoms with Crippen LogP contribution < -0.4 is 25.3 Å². The minimum absolute atomic E-state index is 0.293. The summed E-state index contributed by atoms with van der Waals surface area (Å²) in [4.78, 5) is 11.4. The molecule has 0 aliphatic rings. The van der Waals surface area contributed by atoms with Gasteiger partial charge in [0, 0.05) is 13.1 Å². The second-order valence-electron chi connectivity index (χ2n) is 3.10. The van der Waals surface area contributed by atoms with Crippen molar-refractivity contribution in [3.8, 4) is 17.2 Å². The number of amides is 1. The van der Waals surface area contributed by atoms with Crippen molar-refractivity contribution in [2.75, 3.05) is 27.3 Å². The van der Waals surface area contributed by atoms with Gasteiger partial charge < -0.3 is 25.3 Å². The van der Waals surface area contributed by atoms with Crippen LogP contribution in [0.2, 0.25) is 0 Å². The van der Waals surface area contributed by atoms with Crippen LogP contribution in [0.25, 0.3) is 0 Å². The molecule has 0 radical (unpaired) electrons. The molecule has 0 aliphatic carbocycles. The summed E-state index contributed by atoms with van der Waals surface area (Å²) in [5.41, 5.74) is 5.26. The molecule has 0 spiro atoms. The molecule has 0 unspecified atom stereocenters. The molecule has 0 atom stereocenters. The van der Waals surface area contributed by atoms with Gasteiger partial charge in [0.1, 0.15) is 0 Å². The average Bonchev–Trinajstić information content (AvgIpc) is 2.35. The summed E-state index contributed by atoms with van der Waals surface area (Å²) < 4.78 is 15.3. The standard InChI is InChI=1S/C11H16N2O4/c1-15-8-4-3-5-9(10(8)16-2)17-11(14)13-7-6-12/h3-5H,6-7,12H2,1-2H3,(H,13,14). The first kappa shape index (κ1) is 13.1. The zero-order valence-corrected chi connectivity index (χ0v) is 9.86. The van der Waals surface area contributed by atoms with Crippen LogP contribution >= 0.6 is 0 Å². The van der Waals surface area contributed by atoms with E-state index < -0.39 is 6.09 Å². The highest BCUT2D eigenvalue weighted by molar-refractivity contribution is 5.72. The third-order valence-corrected chi connectivity index (χ3v) is 1.98. The second-order valence-corrected chi connectivity index (χ2v) is 3.10. The molecule has 0 heterocycles. The van der Waals surface area contributed by atoms with Crippen LogP contribution in [-0.2, 0) is 0 Å². The van der Waals surface area contributed by atoms with Crippen molar-refractivity contribution in [1.29, 1.82) is 0 Å². The van der Waals surface area contributed by atoms with Gasteiger partial charge in [-0.1, -0.05) is 6.07 Å². The lowest BCUT2D eigenvalue weighted by molar-refractivity contribution is 0.198. The fourth-order valence-corrected chi connectivity index (χ4v) is 1.25. The van der Waals surface area contributed by atoms with Gasteiger partial charge >= 0.3 is 6.09 Å². The topological polar surface area (TPSA) is 82.8 Å². The van der Waals surface area contributed by atoms with Crippen molar-refractivity contribution in [3.05, 3.63) is 18.2 Å². The monoisotopic (exact) mass is 240 g/mol. The van der Waals surface area contributed by atoms with Gasteiger partial charge in [-0.05, 0) is 12.1 Å². The Balaban J connectivity index is 2.79. The number of carbonyl (C=O) groups is 1. The number of methoxy groups -OCH3 is 2. The summed E-state index contributed by atoms with van der Waals surface area (Å²) in [6.45, 7) is 0.704. The summed E-state index contributed by atoms with van der Waals surface area (Å²) in [6, 6.07) is 5.03. The SMILES string of the molecule is COc1cccc(OC(=O)NCCN)c1OC. The number of hydrogen-bond acceptors (Lipinski definition) is 5. The molecule has 0 aromatic heterocycles. The van der Waals surface area contributed by atoms with Crippen LogP contribution in [0.3, 0.4) is 0 Å². The lowest BCUT2D eigenvalue weighted by atomic mass is 10.3. The molecule has 94 valence electrons. The summed E-state index contributed by atoms with van der Waals surface area (Å²) in [7, 11) is 2.98. The number of nitrogens with one attached hydrogen (secondary N) is 1. The number of para-hydroxylation sites is 1. The van der Waals surface area contributed by atoms with Crippen molar-refractivity contribution >= 4 is 6.09 Å². The molecule has 3 N–H and O–H groups in total. The number of benzene rings is 1. The van der Waals surface area contributed by atoms with Crippen LogP contribution in [0.4, 0.5) is 4.79 Å². The molecule has 1 amide bonds. The molecule has 0 saturated heterocycles. The van der Waals surface area contributed by atoms with E-state index in [-0.39, 0.29) is 0 Å². The summed E-state index contributed by atoms with van der Waals surface area (Å²) in [5, 5.41) is 2.49. The lowest BCUT2D eigenvalue weighted by Gasteiger charge is -2.12. The Hall–Kier alpha value is -1.95. The predicted octanol–water partition coefficient (Wildman–Crippen LogP) is 0.751. The highest BCUT2D eigenvalue weighted by atomic mass is 16.6. The Labute approximate surface area is 99.6 Å². The maximum absolute atomic E-state index is 11.4. The molecule has 0 bridgehead atoms. The Morgan fingerprint density at radius 2 is 2.00 bits per heavy atom. The zero-order valence-electron chi connectivity index (χ0n) is 9.86. The third kappa shape index (κ3) is 3.53. The van der Waals surface area contributed by atoms with Crippen molar-refractivity contribution in [2.24, 2.45) is 5.73 Å². The molecular weight excluding hydrogens is 224 g/mol. The van der Waals surface area contributed by atoms with E-state index in [0.717, 1.165) is 0 Å². The third-order valence-electron chi connectivity index (χ3n) is 1.98. The minimum Gasteiger partial charge on any atom is -0.493 e. The van der Waals surface area contributed by atoms with Crippen LogP contribution in [0.1, 0.15) is 0 Å². The van der Waals surface area contributed by atoms with Gasteiger partial charge in [0.15, 0.2) is 11.5 Å². The zero-order chi connectivity index (χ0) is 12.7. The smallest absolute Gasteiger partial charge is 0.412 e. The summed E-state index contributed by atoms with van der Waals surface area (Å²) in [5.74, 6) is 1.16. The van der Waals surface area contributed by atoms with Crippen molar-refractivity contribution in [1.82, 2.24) is 5.32 Å². The molecule has 0 fully saturated rings. The van der Waals surface area contributed by atoms with E-state index in [4.69, 9.17) is 19.9 Å². The number of ether oxygens (including phenoxy) is 3. The van der Waals surface area contributed by atoms with E-state index >= 15 is 0 Å². The Morgan fingerprint density at radius 1 is 1.29 bits per heavy atom. The van der Waals surface area contributed by atoms with Gasteiger partial charge in [-0.25, -0.2) is 4.79 Å². The largest absolute Gasteiger partial charge is 0.493 e. The first-order chi connectivity index (χ1) is 8.22. The highest BCUT2D eigenvalue weighted by Crippen LogP contribution is 2.36. The number of nitrogens with two attached hydrogens (primary N) is 1. The summed E-state index contributed by atoms with van der Waals surface area (Å²) >= 11 is 0. The maximum Gasteiger partial charge on any atom is 0.412 e. The predicted molar refractivity (Wildman–Crippen MR) is 62.6 cm³/mol. The fraction of sp³-hybridized carbons (Fsp3) is 0.364. The van der Waals surface area contributed by atoms with Crippen molar-refractivity contribution < 1.29 is 19.0 Å².